The van der Waals surface area contributed by atoms with Crippen molar-refractivity contribution in [1.29, 1.82) is 0 Å². The monoisotopic (exact) mass is 422 g/mol. The Kier molecular flexibility index (Phi) is 8.39. The van der Waals surface area contributed by atoms with Gasteiger partial charge in [-0.25, -0.2) is 13.2 Å². The predicted molar refractivity (Wildman–Crippen MR) is 117 cm³/mol. The van der Waals surface area contributed by atoms with Crippen molar-refractivity contribution < 1.29 is 13.2 Å². The van der Waals surface area contributed by atoms with Gasteiger partial charge in [0, 0.05) is 5.92 Å². The van der Waals surface area contributed by atoms with E-state index in [1.807, 2.05) is 20.8 Å². The molecule has 0 aliphatic rings. The molecule has 1 unspecified atom stereocenters. The van der Waals surface area contributed by atoms with Crippen LogP contribution in [0.2, 0.25) is 5.02 Å². The molecule has 0 aliphatic heterocycles. The molecule has 0 amide bonds. The van der Waals surface area contributed by atoms with E-state index in [2.05, 4.69) is 6.92 Å². The van der Waals surface area contributed by atoms with Crippen LogP contribution in [0.5, 0.6) is 0 Å². The van der Waals surface area contributed by atoms with Gasteiger partial charge in [0.05, 0.1) is 5.02 Å². The average Bonchev–Trinajstić information content (AvgIpc) is 2.69. The van der Waals surface area contributed by atoms with E-state index in [1.54, 1.807) is 25.1 Å². The van der Waals surface area contributed by atoms with Crippen LogP contribution in [0.1, 0.15) is 81.5 Å². The van der Waals surface area contributed by atoms with Gasteiger partial charge in [-0.1, -0.05) is 62.9 Å². The van der Waals surface area contributed by atoms with Gasteiger partial charge >= 0.3 is 0 Å². The molecule has 0 spiro atoms. The molecule has 29 heavy (non-hydrogen) atoms. The van der Waals surface area contributed by atoms with Crippen LogP contribution in [0, 0.1) is 24.4 Å². The maximum Gasteiger partial charge on any atom is 0.162 e. The number of allylic oxidation sites excluding steroid dienone is 2. The van der Waals surface area contributed by atoms with Crippen LogP contribution in [0.25, 0.3) is 5.57 Å². The molecule has 0 radical (unpaired) electrons. The Labute approximate surface area is 177 Å². The van der Waals surface area contributed by atoms with Crippen LogP contribution in [0.15, 0.2) is 29.8 Å². The molecule has 0 aromatic heterocycles. The summed E-state index contributed by atoms with van der Waals surface area (Å²) in [7, 11) is 0. The minimum atomic E-state index is -0.797. The van der Waals surface area contributed by atoms with Crippen molar-refractivity contribution >= 4 is 17.2 Å². The van der Waals surface area contributed by atoms with Crippen molar-refractivity contribution in [1.82, 2.24) is 0 Å². The summed E-state index contributed by atoms with van der Waals surface area (Å²) in [5, 5.41) is 0.0851. The highest BCUT2D eigenvalue weighted by Gasteiger charge is 2.21. The third-order valence-electron chi connectivity index (χ3n) is 5.67. The van der Waals surface area contributed by atoms with Gasteiger partial charge in [0.1, 0.15) is 5.82 Å². The van der Waals surface area contributed by atoms with Crippen molar-refractivity contribution in [3.8, 4) is 0 Å². The first-order valence-electron chi connectivity index (χ1n) is 10.3. The fourth-order valence-electron chi connectivity index (χ4n) is 3.73. The lowest BCUT2D eigenvalue weighted by Crippen LogP contribution is -2.06. The van der Waals surface area contributed by atoms with Crippen LogP contribution < -0.4 is 0 Å². The Morgan fingerprint density at radius 1 is 1.03 bits per heavy atom. The first-order chi connectivity index (χ1) is 13.7. The number of aryl methyl sites for hydroxylation is 2. The second-order valence-electron chi connectivity index (χ2n) is 7.76. The zero-order valence-corrected chi connectivity index (χ0v) is 18.7. The Morgan fingerprint density at radius 3 is 2.34 bits per heavy atom. The van der Waals surface area contributed by atoms with E-state index in [0.717, 1.165) is 54.4 Å². The molecule has 2 aromatic carbocycles. The van der Waals surface area contributed by atoms with Crippen LogP contribution >= 0.6 is 11.6 Å². The second kappa shape index (κ2) is 10.3. The maximum absolute atomic E-state index is 14.6. The standard InChI is InChI=1S/C25H30ClF3/c1-6-8-10-19(21-14-22(26)23(27)13-18(21)9-7-2)16(4)17(5)20-12-11-15(3)24(28)25(20)29/h11-14,17H,6-10H2,1-5H3/b19-16+. The van der Waals surface area contributed by atoms with E-state index in [-0.39, 0.29) is 10.9 Å². The lowest BCUT2D eigenvalue weighted by atomic mass is 9.83. The van der Waals surface area contributed by atoms with Gasteiger partial charge < -0.3 is 0 Å². The van der Waals surface area contributed by atoms with E-state index in [1.165, 1.54) is 6.07 Å². The van der Waals surface area contributed by atoms with Crippen molar-refractivity contribution in [3.05, 3.63) is 74.6 Å². The molecule has 4 heteroatoms. The molecule has 0 aliphatic carbocycles. The first-order valence-corrected chi connectivity index (χ1v) is 10.7. The Balaban J connectivity index is 2.66. The van der Waals surface area contributed by atoms with E-state index in [9.17, 15) is 13.2 Å². The highest BCUT2D eigenvalue weighted by atomic mass is 35.5. The summed E-state index contributed by atoms with van der Waals surface area (Å²) in [6.45, 7) is 9.56. The van der Waals surface area contributed by atoms with Crippen molar-refractivity contribution in [2.24, 2.45) is 0 Å². The Bertz CT molecular complexity index is 899. The number of hydrogen-bond donors (Lipinski definition) is 0. The fraction of sp³-hybridized carbons (Fsp3) is 0.440. The van der Waals surface area contributed by atoms with Crippen molar-refractivity contribution in [3.63, 3.8) is 0 Å². The third kappa shape index (κ3) is 5.25. The first kappa shape index (κ1) is 23.5. The summed E-state index contributed by atoms with van der Waals surface area (Å²) < 4.78 is 42.9. The SMILES string of the molecule is CCCC/C(=C(/C)C(C)c1ccc(C)c(F)c1F)c1cc(Cl)c(F)cc1CCC. The smallest absolute Gasteiger partial charge is 0.162 e. The van der Waals surface area contributed by atoms with Gasteiger partial charge in [-0.05, 0) is 73.1 Å². The molecule has 1 atom stereocenters. The lowest BCUT2D eigenvalue weighted by molar-refractivity contribution is 0.490. The maximum atomic E-state index is 14.6. The molecule has 0 saturated carbocycles. The molecule has 0 bridgehead atoms. The minimum Gasteiger partial charge on any atom is -0.205 e. The zero-order chi connectivity index (χ0) is 21.7. The molecular formula is C25H30ClF3. The molecule has 0 nitrogen and oxygen atoms in total. The highest BCUT2D eigenvalue weighted by molar-refractivity contribution is 6.31. The number of rotatable bonds is 8. The minimum absolute atomic E-state index is 0.0851. The topological polar surface area (TPSA) is 0 Å². The summed E-state index contributed by atoms with van der Waals surface area (Å²) in [6, 6.07) is 6.47. The molecule has 0 saturated heterocycles. The van der Waals surface area contributed by atoms with Gasteiger partial charge in [-0.15, -0.1) is 0 Å². The number of unbranched alkanes of at least 4 members (excludes halogenated alkanes) is 1. The van der Waals surface area contributed by atoms with E-state index >= 15 is 0 Å². The van der Waals surface area contributed by atoms with Crippen molar-refractivity contribution in [2.45, 2.75) is 72.6 Å². The van der Waals surface area contributed by atoms with Gasteiger partial charge in [-0.2, -0.15) is 0 Å². The lowest BCUT2D eigenvalue weighted by Gasteiger charge is -2.22. The molecule has 158 valence electrons. The summed E-state index contributed by atoms with van der Waals surface area (Å²) in [4.78, 5) is 0. The third-order valence-corrected chi connectivity index (χ3v) is 5.96. The average molecular weight is 423 g/mol. The molecule has 0 heterocycles. The molecule has 2 aromatic rings. The second-order valence-corrected chi connectivity index (χ2v) is 8.17. The summed E-state index contributed by atoms with van der Waals surface area (Å²) >= 11 is 6.12. The summed E-state index contributed by atoms with van der Waals surface area (Å²) in [6.07, 6.45) is 4.33. The normalized spacial score (nSPS) is 13.4. The highest BCUT2D eigenvalue weighted by Crippen LogP contribution is 2.38. The molecular weight excluding hydrogens is 393 g/mol. The predicted octanol–water partition coefficient (Wildman–Crippen LogP) is 8.79. The Hall–Kier alpha value is -1.74. The van der Waals surface area contributed by atoms with Gasteiger partial charge in [0.15, 0.2) is 11.6 Å². The fourth-order valence-corrected chi connectivity index (χ4v) is 3.90. The van der Waals surface area contributed by atoms with Gasteiger partial charge in [0.25, 0.3) is 0 Å². The largest absolute Gasteiger partial charge is 0.205 e. The van der Waals surface area contributed by atoms with Crippen molar-refractivity contribution in [2.75, 3.05) is 0 Å². The van der Waals surface area contributed by atoms with Gasteiger partial charge in [0.2, 0.25) is 0 Å². The Morgan fingerprint density at radius 2 is 1.72 bits per heavy atom. The molecule has 0 fully saturated rings. The molecule has 2 rings (SSSR count). The van der Waals surface area contributed by atoms with Crippen LogP contribution in [0.3, 0.4) is 0 Å². The van der Waals surface area contributed by atoms with E-state index in [0.29, 0.717) is 11.1 Å². The number of hydrogen-bond acceptors (Lipinski definition) is 0. The van der Waals surface area contributed by atoms with E-state index < -0.39 is 17.5 Å². The van der Waals surface area contributed by atoms with Gasteiger partial charge in [-0.3, -0.25) is 0 Å². The van der Waals surface area contributed by atoms with Crippen LogP contribution in [-0.4, -0.2) is 0 Å². The zero-order valence-electron chi connectivity index (χ0n) is 17.9. The van der Waals surface area contributed by atoms with Crippen LogP contribution in [-0.2, 0) is 6.42 Å². The molecule has 0 N–H and O–H groups in total. The number of halogens is 4. The summed E-state index contributed by atoms with van der Waals surface area (Å²) in [5.74, 6) is -2.33. The number of benzene rings is 2. The van der Waals surface area contributed by atoms with Crippen LogP contribution in [0.4, 0.5) is 13.2 Å². The quantitative estimate of drug-likeness (QED) is 0.398. The van der Waals surface area contributed by atoms with E-state index in [4.69, 9.17) is 11.6 Å². The summed E-state index contributed by atoms with van der Waals surface area (Å²) in [5.41, 5.74) is 4.46.